The first-order valence-electron chi connectivity index (χ1n) is 8.08. The average Bonchev–Trinajstić information content (AvgIpc) is 2.99. The van der Waals surface area contributed by atoms with Gasteiger partial charge in [-0.1, -0.05) is 24.3 Å². The summed E-state index contributed by atoms with van der Waals surface area (Å²) in [5.41, 5.74) is 4.44. The van der Waals surface area contributed by atoms with Gasteiger partial charge in [0.25, 0.3) is 0 Å². The van der Waals surface area contributed by atoms with Crippen LogP contribution in [0.2, 0.25) is 0 Å². The zero-order valence-corrected chi connectivity index (χ0v) is 12.6. The van der Waals surface area contributed by atoms with Gasteiger partial charge in [0.2, 0.25) is 0 Å². The third-order valence-electron chi connectivity index (χ3n) is 5.45. The molecule has 2 atom stereocenters. The van der Waals surface area contributed by atoms with Crippen molar-refractivity contribution in [3.05, 3.63) is 53.3 Å². The first-order valence-corrected chi connectivity index (χ1v) is 8.08. The molecule has 1 heterocycles. The van der Waals surface area contributed by atoms with Crippen molar-refractivity contribution in [2.24, 2.45) is 18.9 Å². The summed E-state index contributed by atoms with van der Waals surface area (Å²) in [6.07, 6.45) is 7.13. The van der Waals surface area contributed by atoms with E-state index in [0.717, 1.165) is 18.4 Å². The Morgan fingerprint density at radius 1 is 1.10 bits per heavy atom. The average molecular weight is 281 g/mol. The molecule has 4 rings (SSSR count). The highest BCUT2D eigenvalue weighted by Gasteiger charge is 2.38. The molecule has 1 N–H and O–H groups in total. The molecule has 1 aromatic heterocycles. The summed E-state index contributed by atoms with van der Waals surface area (Å²) >= 11 is 0. The second kappa shape index (κ2) is 5.30. The fourth-order valence-corrected chi connectivity index (χ4v) is 4.28. The van der Waals surface area contributed by atoms with Crippen LogP contribution in [0, 0.1) is 11.8 Å². The monoisotopic (exact) mass is 281 g/mol. The highest BCUT2D eigenvalue weighted by Crippen LogP contribution is 2.40. The molecule has 2 aromatic rings. The van der Waals surface area contributed by atoms with Crippen LogP contribution >= 0.6 is 0 Å². The fraction of sp³-hybridized carbons (Fsp3) is 0.500. The van der Waals surface area contributed by atoms with Gasteiger partial charge in [0, 0.05) is 25.8 Å². The molecule has 1 aromatic carbocycles. The van der Waals surface area contributed by atoms with Crippen LogP contribution in [0.25, 0.3) is 0 Å². The molecule has 3 nitrogen and oxygen atoms in total. The van der Waals surface area contributed by atoms with Crippen LogP contribution in [0.4, 0.5) is 0 Å². The molecule has 2 aliphatic carbocycles. The van der Waals surface area contributed by atoms with Crippen LogP contribution in [-0.2, 0) is 26.4 Å². The van der Waals surface area contributed by atoms with E-state index >= 15 is 0 Å². The lowest BCUT2D eigenvalue weighted by Gasteiger charge is -2.23. The predicted molar refractivity (Wildman–Crippen MR) is 83.9 cm³/mol. The number of aromatic nitrogens is 2. The Balaban J connectivity index is 1.51. The molecule has 0 amide bonds. The molecule has 1 fully saturated rings. The minimum absolute atomic E-state index is 0.660. The lowest BCUT2D eigenvalue weighted by molar-refractivity contribution is 0.337. The van der Waals surface area contributed by atoms with Crippen molar-refractivity contribution in [3.8, 4) is 0 Å². The van der Waals surface area contributed by atoms with Gasteiger partial charge in [0.15, 0.2) is 0 Å². The van der Waals surface area contributed by atoms with E-state index in [1.807, 2.05) is 17.9 Å². The molecular formula is C18H23N3. The molecule has 2 unspecified atom stereocenters. The van der Waals surface area contributed by atoms with Crippen LogP contribution in [0.1, 0.15) is 29.7 Å². The second-order valence-corrected chi connectivity index (χ2v) is 6.63. The van der Waals surface area contributed by atoms with E-state index in [1.165, 1.54) is 31.4 Å². The predicted octanol–water partition coefficient (Wildman–Crippen LogP) is 2.70. The number of aryl methyl sites for hydroxylation is 1. The highest BCUT2D eigenvalue weighted by atomic mass is 15.3. The molecule has 21 heavy (non-hydrogen) atoms. The Hall–Kier alpha value is -1.61. The van der Waals surface area contributed by atoms with Gasteiger partial charge < -0.3 is 5.32 Å². The number of nitrogens with one attached hydrogen (secondary N) is 1. The second-order valence-electron chi connectivity index (χ2n) is 6.63. The maximum Gasteiger partial charge on any atom is 0.0518 e. The van der Waals surface area contributed by atoms with E-state index in [9.17, 15) is 0 Å². The van der Waals surface area contributed by atoms with E-state index in [4.69, 9.17) is 0 Å². The molecular weight excluding hydrogens is 258 g/mol. The Morgan fingerprint density at radius 2 is 1.76 bits per heavy atom. The lowest BCUT2D eigenvalue weighted by atomic mass is 9.94. The normalized spacial score (nSPS) is 27.4. The van der Waals surface area contributed by atoms with Gasteiger partial charge >= 0.3 is 0 Å². The van der Waals surface area contributed by atoms with Gasteiger partial charge in [0.05, 0.1) is 5.69 Å². The molecule has 2 bridgehead atoms. The van der Waals surface area contributed by atoms with Crippen LogP contribution < -0.4 is 5.32 Å². The van der Waals surface area contributed by atoms with Gasteiger partial charge in [-0.25, -0.2) is 0 Å². The van der Waals surface area contributed by atoms with Crippen molar-refractivity contribution in [2.75, 3.05) is 0 Å². The number of hydrogen-bond acceptors (Lipinski definition) is 2. The van der Waals surface area contributed by atoms with Gasteiger partial charge in [-0.15, -0.1) is 0 Å². The zero-order valence-electron chi connectivity index (χ0n) is 12.6. The molecule has 3 heteroatoms. The molecule has 1 saturated carbocycles. The number of fused-ring (bicyclic) bond motifs is 3. The van der Waals surface area contributed by atoms with Crippen molar-refractivity contribution in [1.29, 1.82) is 0 Å². The van der Waals surface area contributed by atoms with E-state index in [2.05, 4.69) is 40.7 Å². The van der Waals surface area contributed by atoms with Crippen molar-refractivity contribution >= 4 is 0 Å². The quantitative estimate of drug-likeness (QED) is 0.937. The molecule has 0 radical (unpaired) electrons. The Bertz CT molecular complexity index is 598. The summed E-state index contributed by atoms with van der Waals surface area (Å²) in [7, 11) is 2.02. The van der Waals surface area contributed by atoms with Crippen LogP contribution in [0.5, 0.6) is 0 Å². The molecule has 0 spiro atoms. The zero-order chi connectivity index (χ0) is 14.2. The Morgan fingerprint density at radius 3 is 2.33 bits per heavy atom. The lowest BCUT2D eigenvalue weighted by Crippen LogP contribution is -2.38. The molecule has 0 aliphatic heterocycles. The SMILES string of the molecule is Cn1nccc1CNC1C2CCC1Cc1ccccc1C2. The van der Waals surface area contributed by atoms with Gasteiger partial charge in [0.1, 0.15) is 0 Å². The summed E-state index contributed by atoms with van der Waals surface area (Å²) in [4.78, 5) is 0. The van der Waals surface area contributed by atoms with E-state index in [0.29, 0.717) is 6.04 Å². The third kappa shape index (κ3) is 2.40. The topological polar surface area (TPSA) is 29.9 Å². The summed E-state index contributed by atoms with van der Waals surface area (Å²) in [5.74, 6) is 1.60. The van der Waals surface area contributed by atoms with E-state index in [1.54, 1.807) is 11.1 Å². The summed E-state index contributed by atoms with van der Waals surface area (Å²) in [5, 5.41) is 8.10. The summed E-state index contributed by atoms with van der Waals surface area (Å²) in [6.45, 7) is 0.935. The highest BCUT2D eigenvalue weighted by molar-refractivity contribution is 5.30. The van der Waals surface area contributed by atoms with Crippen molar-refractivity contribution in [2.45, 2.75) is 38.3 Å². The van der Waals surface area contributed by atoms with E-state index < -0.39 is 0 Å². The van der Waals surface area contributed by atoms with Crippen LogP contribution in [-0.4, -0.2) is 15.8 Å². The minimum Gasteiger partial charge on any atom is -0.308 e. The third-order valence-corrected chi connectivity index (χ3v) is 5.45. The van der Waals surface area contributed by atoms with Crippen molar-refractivity contribution in [3.63, 3.8) is 0 Å². The number of nitrogens with zero attached hydrogens (tertiary/aromatic N) is 2. The fourth-order valence-electron chi connectivity index (χ4n) is 4.28. The Labute approximate surface area is 126 Å². The maximum absolute atomic E-state index is 4.26. The van der Waals surface area contributed by atoms with Gasteiger partial charge in [-0.3, -0.25) is 4.68 Å². The summed E-state index contributed by atoms with van der Waals surface area (Å²) < 4.78 is 1.97. The number of hydrogen-bond donors (Lipinski definition) is 1. The van der Waals surface area contributed by atoms with Gasteiger partial charge in [-0.2, -0.15) is 5.10 Å². The first kappa shape index (κ1) is 13.1. The largest absolute Gasteiger partial charge is 0.308 e. The summed E-state index contributed by atoms with van der Waals surface area (Å²) in [6, 6.07) is 11.8. The smallest absolute Gasteiger partial charge is 0.0518 e. The first-order chi connectivity index (χ1) is 10.3. The minimum atomic E-state index is 0.660. The molecule has 110 valence electrons. The number of rotatable bonds is 3. The van der Waals surface area contributed by atoms with Crippen LogP contribution in [0.15, 0.2) is 36.5 Å². The number of benzene rings is 1. The van der Waals surface area contributed by atoms with Crippen LogP contribution in [0.3, 0.4) is 0 Å². The molecule has 0 saturated heterocycles. The van der Waals surface area contributed by atoms with E-state index in [-0.39, 0.29) is 0 Å². The van der Waals surface area contributed by atoms with Gasteiger partial charge in [-0.05, 0) is 54.7 Å². The molecule has 2 aliphatic rings. The standard InChI is InChI=1S/C18H23N3/c1-21-17(8-9-20-21)12-19-18-15-6-7-16(18)11-14-5-3-2-4-13(14)10-15/h2-5,8-9,15-16,18-19H,6-7,10-12H2,1H3. The maximum atomic E-state index is 4.26. The van der Waals surface area contributed by atoms with Crippen molar-refractivity contribution < 1.29 is 0 Å². The van der Waals surface area contributed by atoms with Crippen molar-refractivity contribution in [1.82, 2.24) is 15.1 Å². The Kier molecular flexibility index (Phi) is 3.30.